The lowest BCUT2D eigenvalue weighted by Gasteiger charge is -2.07. The lowest BCUT2D eigenvalue weighted by atomic mass is 10.2. The summed E-state index contributed by atoms with van der Waals surface area (Å²) in [5, 5.41) is 10.7. The van der Waals surface area contributed by atoms with E-state index in [-0.39, 0.29) is 17.9 Å². The first-order chi connectivity index (χ1) is 11.2. The zero-order valence-corrected chi connectivity index (χ0v) is 13.6. The zero-order valence-electron chi connectivity index (χ0n) is 12.8. The molecule has 1 rings (SSSR count). The maximum Gasteiger partial charge on any atom is 0.322 e. The number of unbranched alkanes of at least 4 members (excludes halogenated alkanes) is 2. The van der Waals surface area contributed by atoms with E-state index < -0.39 is 27.8 Å². The molecule has 0 aliphatic heterocycles. The summed E-state index contributed by atoms with van der Waals surface area (Å²) in [4.78, 5) is 33.3. The van der Waals surface area contributed by atoms with Crippen LogP contribution in [0.3, 0.4) is 0 Å². The number of carbonyl (C=O) groups is 3. The van der Waals surface area contributed by atoms with Gasteiger partial charge in [0.15, 0.2) is 0 Å². The lowest BCUT2D eigenvalue weighted by molar-refractivity contribution is -0.138. The first kappa shape index (κ1) is 19.4. The van der Waals surface area contributed by atoms with Crippen LogP contribution in [0.1, 0.15) is 25.7 Å². The third-order valence-corrected chi connectivity index (χ3v) is 4.32. The molecule has 0 bridgehead atoms. The van der Waals surface area contributed by atoms with Crippen LogP contribution in [0.5, 0.6) is 0 Å². The molecule has 0 aromatic heterocycles. The van der Waals surface area contributed by atoms with Gasteiger partial charge in [-0.15, -0.1) is 0 Å². The van der Waals surface area contributed by atoms with E-state index in [2.05, 4.69) is 5.32 Å². The molecule has 0 unspecified atom stereocenters. The molecule has 10 heteroatoms. The van der Waals surface area contributed by atoms with Crippen molar-refractivity contribution in [2.24, 2.45) is 0 Å². The quantitative estimate of drug-likeness (QED) is 0.286. The number of nitrogens with two attached hydrogens (primary N) is 1. The lowest BCUT2D eigenvalue weighted by Crippen LogP contribution is -2.42. The molecule has 5 N–H and O–H groups in total. The highest BCUT2D eigenvalue weighted by Gasteiger charge is 2.22. The normalized spacial score (nSPS) is 10.8. The summed E-state index contributed by atoms with van der Waals surface area (Å²) in [6.07, 6.45) is 1.55. The van der Waals surface area contributed by atoms with Crippen LogP contribution >= 0.6 is 0 Å². The number of hydrogen-bond donors (Lipinski definition) is 4. The average molecular weight is 357 g/mol. The topological polar surface area (TPSA) is 156 Å². The fourth-order valence-corrected chi connectivity index (χ4v) is 2.68. The van der Waals surface area contributed by atoms with Crippen LogP contribution in [0.25, 0.3) is 0 Å². The van der Waals surface area contributed by atoms with Crippen LogP contribution in [0.2, 0.25) is 0 Å². The van der Waals surface area contributed by atoms with E-state index in [1.165, 1.54) is 24.3 Å². The van der Waals surface area contributed by atoms with E-state index in [1.54, 1.807) is 4.72 Å². The van der Waals surface area contributed by atoms with Crippen molar-refractivity contribution in [2.75, 3.05) is 12.3 Å². The summed E-state index contributed by atoms with van der Waals surface area (Å²) < 4.78 is 25.5. The van der Waals surface area contributed by atoms with Crippen molar-refractivity contribution in [2.45, 2.75) is 30.6 Å². The number of carboxylic acid groups (broad SMARTS) is 1. The second-order valence-electron chi connectivity index (χ2n) is 4.96. The number of carboxylic acids is 1. The highest BCUT2D eigenvalue weighted by molar-refractivity contribution is 7.90. The molecule has 24 heavy (non-hydrogen) atoms. The fourth-order valence-electron chi connectivity index (χ4n) is 1.73. The molecule has 0 aliphatic rings. The van der Waals surface area contributed by atoms with Gasteiger partial charge in [-0.05, 0) is 37.1 Å². The van der Waals surface area contributed by atoms with Gasteiger partial charge >= 0.3 is 17.8 Å². The first-order valence-electron chi connectivity index (χ1n) is 7.14. The van der Waals surface area contributed by atoms with E-state index >= 15 is 0 Å². The number of rotatable bonds is 8. The molecule has 1 aromatic carbocycles. The van der Waals surface area contributed by atoms with Crippen molar-refractivity contribution in [1.29, 1.82) is 0 Å². The largest absolute Gasteiger partial charge is 0.481 e. The van der Waals surface area contributed by atoms with E-state index in [9.17, 15) is 22.8 Å². The molecule has 0 heterocycles. The summed E-state index contributed by atoms with van der Waals surface area (Å²) in [6.45, 7) is 0.147. The number of nitrogen functional groups attached to an aromatic ring is 1. The number of amides is 2. The van der Waals surface area contributed by atoms with Gasteiger partial charge in [-0.25, -0.2) is 13.1 Å². The molecular weight excluding hydrogens is 338 g/mol. The third-order valence-electron chi connectivity index (χ3n) is 2.98. The van der Waals surface area contributed by atoms with E-state index in [1.807, 2.05) is 0 Å². The number of carbonyl (C=O) groups excluding carboxylic acids is 2. The van der Waals surface area contributed by atoms with Crippen molar-refractivity contribution in [3.8, 4) is 0 Å². The minimum Gasteiger partial charge on any atom is -0.481 e. The molecule has 9 nitrogen and oxygen atoms in total. The number of sulfonamides is 1. The maximum absolute atomic E-state index is 11.9. The minimum atomic E-state index is -4.15. The Morgan fingerprint density at radius 3 is 2.21 bits per heavy atom. The summed E-state index contributed by atoms with van der Waals surface area (Å²) >= 11 is 0. The SMILES string of the molecule is Nc1ccc(S(=O)(=O)NC(=O)C(=O)NCCCCCC(=O)O)cc1. The molecule has 0 fully saturated rings. The van der Waals surface area contributed by atoms with Crippen molar-refractivity contribution in [3.05, 3.63) is 24.3 Å². The van der Waals surface area contributed by atoms with Crippen molar-refractivity contribution in [3.63, 3.8) is 0 Å². The number of nitrogens with one attached hydrogen (secondary N) is 2. The monoisotopic (exact) mass is 357 g/mol. The van der Waals surface area contributed by atoms with Crippen LogP contribution in [0.4, 0.5) is 5.69 Å². The summed E-state index contributed by atoms with van der Waals surface area (Å²) in [5.74, 6) is -3.27. The number of aliphatic carboxylic acids is 1. The smallest absolute Gasteiger partial charge is 0.322 e. The number of anilines is 1. The predicted octanol–water partition coefficient (Wildman–Crippen LogP) is -0.165. The molecule has 0 saturated carbocycles. The van der Waals surface area contributed by atoms with Gasteiger partial charge in [0.05, 0.1) is 4.90 Å². The second-order valence-corrected chi connectivity index (χ2v) is 6.65. The third kappa shape index (κ3) is 6.65. The van der Waals surface area contributed by atoms with Gasteiger partial charge < -0.3 is 16.2 Å². The molecular formula is C14H19N3O6S. The van der Waals surface area contributed by atoms with Gasteiger partial charge in [0.25, 0.3) is 10.0 Å². The van der Waals surface area contributed by atoms with E-state index in [4.69, 9.17) is 10.8 Å². The summed E-state index contributed by atoms with van der Waals surface area (Å²) in [5.41, 5.74) is 5.81. The summed E-state index contributed by atoms with van der Waals surface area (Å²) in [6, 6.07) is 5.14. The molecule has 132 valence electrons. The molecule has 2 amide bonds. The Morgan fingerprint density at radius 2 is 1.62 bits per heavy atom. The average Bonchev–Trinajstić information content (AvgIpc) is 2.50. The Labute approximate surface area is 139 Å². The Bertz CT molecular complexity index is 700. The van der Waals surface area contributed by atoms with Gasteiger partial charge in [0, 0.05) is 18.7 Å². The summed E-state index contributed by atoms with van der Waals surface area (Å²) in [7, 11) is -4.15. The van der Waals surface area contributed by atoms with Crippen LogP contribution < -0.4 is 15.8 Å². The van der Waals surface area contributed by atoms with Crippen LogP contribution in [0, 0.1) is 0 Å². The predicted molar refractivity (Wildman–Crippen MR) is 85.3 cm³/mol. The molecule has 0 saturated heterocycles. The van der Waals surface area contributed by atoms with Gasteiger partial charge in [-0.3, -0.25) is 14.4 Å². The number of hydrogen-bond acceptors (Lipinski definition) is 6. The molecule has 0 spiro atoms. The zero-order chi connectivity index (χ0) is 18.2. The standard InChI is InChI=1S/C14H19N3O6S/c15-10-5-7-11(8-6-10)24(22,23)17-14(21)13(20)16-9-3-1-2-4-12(18)19/h5-8H,1-4,9,15H2,(H,16,20)(H,17,21)(H,18,19). The highest BCUT2D eigenvalue weighted by Crippen LogP contribution is 2.11. The minimum absolute atomic E-state index is 0.0360. The second kappa shape index (κ2) is 8.87. The van der Waals surface area contributed by atoms with Crippen LogP contribution in [0.15, 0.2) is 29.2 Å². The van der Waals surface area contributed by atoms with E-state index in [0.717, 1.165) is 0 Å². The maximum atomic E-state index is 11.9. The Hall–Kier alpha value is -2.62. The van der Waals surface area contributed by atoms with Crippen LogP contribution in [-0.4, -0.2) is 37.9 Å². The van der Waals surface area contributed by atoms with Gasteiger partial charge in [-0.1, -0.05) is 6.42 Å². The van der Waals surface area contributed by atoms with E-state index in [0.29, 0.717) is 24.9 Å². The fraction of sp³-hybridized carbons (Fsp3) is 0.357. The van der Waals surface area contributed by atoms with Gasteiger partial charge in [0.2, 0.25) is 0 Å². The van der Waals surface area contributed by atoms with Crippen molar-refractivity contribution >= 4 is 33.5 Å². The van der Waals surface area contributed by atoms with Crippen LogP contribution in [-0.2, 0) is 24.4 Å². The number of benzene rings is 1. The Balaban J connectivity index is 2.42. The first-order valence-corrected chi connectivity index (χ1v) is 8.63. The molecule has 0 atom stereocenters. The van der Waals surface area contributed by atoms with Crippen molar-refractivity contribution < 1.29 is 27.9 Å². The van der Waals surface area contributed by atoms with Gasteiger partial charge in [-0.2, -0.15) is 0 Å². The molecule has 1 aromatic rings. The Morgan fingerprint density at radius 1 is 1.00 bits per heavy atom. The molecule has 0 radical (unpaired) electrons. The highest BCUT2D eigenvalue weighted by atomic mass is 32.2. The van der Waals surface area contributed by atoms with Crippen molar-refractivity contribution in [1.82, 2.24) is 10.0 Å². The Kier molecular flexibility index (Phi) is 7.18. The van der Waals surface area contributed by atoms with Gasteiger partial charge in [0.1, 0.15) is 0 Å². The molecule has 0 aliphatic carbocycles.